The molecule has 0 aliphatic carbocycles. The van der Waals surface area contributed by atoms with Gasteiger partial charge in [-0.05, 0) is 24.3 Å². The smallest absolute Gasteiger partial charge is 0.385 e. The zero-order chi connectivity index (χ0) is 25.0. The summed E-state index contributed by atoms with van der Waals surface area (Å²) in [6.07, 6.45) is 0. The lowest BCUT2D eigenvalue weighted by atomic mass is 9.87. The van der Waals surface area contributed by atoms with Crippen LogP contribution < -0.4 is 0 Å². The van der Waals surface area contributed by atoms with Crippen molar-refractivity contribution >= 4 is 0 Å². The third kappa shape index (κ3) is 3.39. The van der Waals surface area contributed by atoms with Gasteiger partial charge in [-0.15, -0.1) is 0 Å². The van der Waals surface area contributed by atoms with E-state index in [2.05, 4.69) is 0 Å². The predicted octanol–water partition coefficient (Wildman–Crippen LogP) is 6.52. The molecule has 32 heavy (non-hydrogen) atoms. The first-order valence-electron chi connectivity index (χ1n) is 8.11. The number of hydrogen-bond acceptors (Lipinski definition) is 2. The largest absolute Gasteiger partial charge is 0.508 e. The molecule has 178 valence electrons. The molecule has 0 aliphatic heterocycles. The van der Waals surface area contributed by atoms with Gasteiger partial charge in [-0.3, -0.25) is 0 Å². The molecule has 0 amide bonds. The maximum Gasteiger partial charge on any atom is 0.385 e. The summed E-state index contributed by atoms with van der Waals surface area (Å²) in [6.45, 7) is 0. The third-order valence-corrected chi connectivity index (χ3v) is 4.39. The van der Waals surface area contributed by atoms with E-state index in [1.54, 1.807) is 0 Å². The molecule has 14 heteroatoms. The molecule has 2 aromatic rings. The fraction of sp³-hybridized carbons (Fsp3) is 0.333. The van der Waals surface area contributed by atoms with Crippen LogP contribution in [0.4, 0.5) is 52.7 Å². The molecule has 0 aromatic heterocycles. The molecule has 0 unspecified atom stereocenters. The molecule has 2 nitrogen and oxygen atoms in total. The maximum atomic E-state index is 14.1. The van der Waals surface area contributed by atoms with E-state index in [0.29, 0.717) is 24.3 Å². The first kappa shape index (κ1) is 25.5. The molecule has 0 fully saturated rings. The summed E-state index contributed by atoms with van der Waals surface area (Å²) in [5.41, 5.74) is -4.36. The number of phenolic OH excluding ortho intramolecular Hbond substituents is 2. The van der Waals surface area contributed by atoms with Crippen LogP contribution in [0, 0.1) is 0 Å². The van der Waals surface area contributed by atoms with E-state index in [1.807, 2.05) is 0 Å². The highest BCUT2D eigenvalue weighted by Gasteiger charge is 2.90. The number of benzene rings is 2. The topological polar surface area (TPSA) is 40.5 Å². The summed E-state index contributed by atoms with van der Waals surface area (Å²) in [4.78, 5) is 0. The Morgan fingerprint density at radius 1 is 0.438 bits per heavy atom. The predicted molar refractivity (Wildman–Crippen MR) is 83.8 cm³/mol. The Bertz CT molecular complexity index is 908. The molecule has 0 heterocycles. The van der Waals surface area contributed by atoms with Gasteiger partial charge in [-0.25, -0.2) is 0 Å². The normalized spacial score (nSPS) is 14.5. The molecular formula is C18H10F12O2. The van der Waals surface area contributed by atoms with Gasteiger partial charge in [0.1, 0.15) is 11.5 Å². The van der Waals surface area contributed by atoms with Gasteiger partial charge in [-0.1, -0.05) is 24.3 Å². The summed E-state index contributed by atoms with van der Waals surface area (Å²) < 4.78 is 168. The Morgan fingerprint density at radius 2 is 0.719 bits per heavy atom. The van der Waals surface area contributed by atoms with Crippen LogP contribution >= 0.6 is 0 Å². The molecule has 0 radical (unpaired) electrons. The standard InChI is InChI=1S/C18H10F12O2/c19-13(20,9-3-1-5-11(31)7-9)15(23,24)17(27,28)18(29,30)16(25,26)14(21,22)10-4-2-6-12(32)8-10/h1-8,31-32H. The Labute approximate surface area is 170 Å². The van der Waals surface area contributed by atoms with E-state index in [0.717, 1.165) is 0 Å². The Hall–Kier alpha value is -2.80. The number of phenols is 2. The van der Waals surface area contributed by atoms with Crippen molar-refractivity contribution < 1.29 is 62.9 Å². The fourth-order valence-corrected chi connectivity index (χ4v) is 2.55. The first-order chi connectivity index (χ1) is 14.2. The molecule has 2 N–H and O–H groups in total. The monoisotopic (exact) mass is 486 g/mol. The van der Waals surface area contributed by atoms with E-state index in [1.165, 1.54) is 0 Å². The van der Waals surface area contributed by atoms with Gasteiger partial charge in [0.25, 0.3) is 0 Å². The summed E-state index contributed by atoms with van der Waals surface area (Å²) in [6, 6.07) is 1.57. The average Bonchev–Trinajstić information content (AvgIpc) is 2.67. The molecule has 0 bridgehead atoms. The lowest BCUT2D eigenvalue weighted by Crippen LogP contribution is -2.69. The highest BCUT2D eigenvalue weighted by Crippen LogP contribution is 2.63. The van der Waals surface area contributed by atoms with Gasteiger partial charge in [0.15, 0.2) is 0 Å². The van der Waals surface area contributed by atoms with Crippen LogP contribution in [0.15, 0.2) is 48.5 Å². The van der Waals surface area contributed by atoms with Crippen LogP contribution in [-0.2, 0) is 11.8 Å². The summed E-state index contributed by atoms with van der Waals surface area (Å²) in [5, 5.41) is 18.1. The van der Waals surface area contributed by atoms with Crippen molar-refractivity contribution in [3.8, 4) is 11.5 Å². The Morgan fingerprint density at radius 3 is 0.969 bits per heavy atom. The van der Waals surface area contributed by atoms with Crippen molar-refractivity contribution in [3.63, 3.8) is 0 Å². The van der Waals surface area contributed by atoms with Crippen molar-refractivity contribution in [1.29, 1.82) is 0 Å². The lowest BCUT2D eigenvalue weighted by molar-refractivity contribution is -0.429. The summed E-state index contributed by atoms with van der Waals surface area (Å²) in [7, 11) is 0. The van der Waals surface area contributed by atoms with E-state index in [-0.39, 0.29) is 24.3 Å². The molecular weight excluding hydrogens is 476 g/mol. The molecule has 0 aliphatic rings. The molecule has 2 rings (SSSR count). The average molecular weight is 486 g/mol. The van der Waals surface area contributed by atoms with Crippen LogP contribution in [-0.4, -0.2) is 33.9 Å². The van der Waals surface area contributed by atoms with Crippen molar-refractivity contribution in [2.45, 2.75) is 35.5 Å². The quantitative estimate of drug-likeness (QED) is 0.438. The van der Waals surface area contributed by atoms with Crippen molar-refractivity contribution in [2.75, 3.05) is 0 Å². The molecule has 0 spiro atoms. The maximum absolute atomic E-state index is 14.1. The molecule has 0 saturated heterocycles. The van der Waals surface area contributed by atoms with Crippen LogP contribution in [0.2, 0.25) is 0 Å². The van der Waals surface area contributed by atoms with E-state index in [9.17, 15) is 52.7 Å². The van der Waals surface area contributed by atoms with Gasteiger partial charge in [-0.2, -0.15) is 52.7 Å². The number of aromatic hydroxyl groups is 2. The zero-order valence-corrected chi connectivity index (χ0v) is 15.0. The second-order valence-electron chi connectivity index (χ2n) is 6.55. The number of halogens is 12. The second-order valence-corrected chi connectivity index (χ2v) is 6.55. The SMILES string of the molecule is Oc1cccc(C(F)(F)C(F)(F)C(F)(F)C(F)(F)C(F)(F)C(F)(F)c2cccc(O)c2)c1. The van der Waals surface area contributed by atoms with Gasteiger partial charge < -0.3 is 10.2 Å². The van der Waals surface area contributed by atoms with Crippen molar-refractivity contribution in [1.82, 2.24) is 0 Å². The highest BCUT2D eigenvalue weighted by molar-refractivity contribution is 5.34. The van der Waals surface area contributed by atoms with Crippen LogP contribution in [0.5, 0.6) is 11.5 Å². The zero-order valence-electron chi connectivity index (χ0n) is 15.0. The van der Waals surface area contributed by atoms with Gasteiger partial charge in [0, 0.05) is 11.1 Å². The minimum atomic E-state index is -7.75. The van der Waals surface area contributed by atoms with Crippen LogP contribution in [0.1, 0.15) is 11.1 Å². The summed E-state index contributed by atoms with van der Waals surface area (Å²) in [5.74, 6) is -45.3. The van der Waals surface area contributed by atoms with Crippen molar-refractivity contribution in [3.05, 3.63) is 59.7 Å². The Balaban J connectivity index is 2.63. The second kappa shape index (κ2) is 7.37. The third-order valence-electron chi connectivity index (χ3n) is 4.39. The lowest BCUT2D eigenvalue weighted by Gasteiger charge is -2.41. The van der Waals surface area contributed by atoms with Crippen LogP contribution in [0.25, 0.3) is 0 Å². The minimum Gasteiger partial charge on any atom is -0.508 e. The fourth-order valence-electron chi connectivity index (χ4n) is 2.55. The van der Waals surface area contributed by atoms with Gasteiger partial charge in [0.2, 0.25) is 0 Å². The number of hydrogen-bond donors (Lipinski definition) is 2. The van der Waals surface area contributed by atoms with Crippen LogP contribution in [0.3, 0.4) is 0 Å². The van der Waals surface area contributed by atoms with E-state index < -0.39 is 58.2 Å². The van der Waals surface area contributed by atoms with E-state index in [4.69, 9.17) is 10.2 Å². The van der Waals surface area contributed by atoms with Gasteiger partial charge in [0.05, 0.1) is 0 Å². The Kier molecular flexibility index (Phi) is 5.87. The van der Waals surface area contributed by atoms with Crippen molar-refractivity contribution in [2.24, 2.45) is 0 Å². The molecule has 0 atom stereocenters. The highest BCUT2D eigenvalue weighted by atomic mass is 19.4. The first-order valence-corrected chi connectivity index (χ1v) is 8.11. The summed E-state index contributed by atoms with van der Waals surface area (Å²) >= 11 is 0. The van der Waals surface area contributed by atoms with Gasteiger partial charge >= 0.3 is 35.5 Å². The van der Waals surface area contributed by atoms with E-state index >= 15 is 0 Å². The number of alkyl halides is 12. The minimum absolute atomic E-state index is 0.0126. The molecule has 0 saturated carbocycles. The molecule has 2 aromatic carbocycles. The number of rotatable bonds is 7.